The molecule has 0 aromatic heterocycles. The van der Waals surface area contributed by atoms with Crippen LogP contribution in [0.15, 0.2) is 52.9 Å². The molecule has 5 heteroatoms. The number of hydrogen-bond acceptors (Lipinski definition) is 2. The third-order valence-corrected chi connectivity index (χ3v) is 5.20. The van der Waals surface area contributed by atoms with Crippen LogP contribution in [0.1, 0.15) is 30.0 Å². The first-order valence-corrected chi connectivity index (χ1v) is 9.30. The highest BCUT2D eigenvalue weighted by atomic mass is 32.2. The Morgan fingerprint density at radius 3 is 2.64 bits per heavy atom. The Balaban J connectivity index is 2.16. The maximum absolute atomic E-state index is 13.7. The Hall–Kier alpha value is -2.53. The van der Waals surface area contributed by atoms with Crippen molar-refractivity contribution >= 4 is 34.0 Å². The zero-order chi connectivity index (χ0) is 18.1. The van der Waals surface area contributed by atoms with E-state index in [1.165, 1.54) is 12.1 Å². The van der Waals surface area contributed by atoms with E-state index in [4.69, 9.17) is 0 Å². The molecule has 0 amide bonds. The third-order valence-electron chi connectivity index (χ3n) is 4.28. The molecule has 3 rings (SSSR count). The van der Waals surface area contributed by atoms with Gasteiger partial charge in [0.2, 0.25) is 0 Å². The van der Waals surface area contributed by atoms with Gasteiger partial charge in [0.15, 0.2) is 0 Å². The number of carbonyl (C=O) groups is 1. The molecule has 0 radical (unpaired) electrons. The van der Waals surface area contributed by atoms with E-state index in [1.807, 2.05) is 31.2 Å². The number of carboxylic acid groups (broad SMARTS) is 1. The second kappa shape index (κ2) is 6.76. The molecule has 1 aliphatic carbocycles. The van der Waals surface area contributed by atoms with Gasteiger partial charge >= 0.3 is 5.97 Å². The van der Waals surface area contributed by atoms with E-state index in [0.29, 0.717) is 11.1 Å². The summed E-state index contributed by atoms with van der Waals surface area (Å²) in [5.41, 5.74) is 4.63. The molecule has 0 aliphatic heterocycles. The van der Waals surface area contributed by atoms with E-state index in [2.05, 4.69) is 0 Å². The molecule has 1 aliphatic rings. The second-order valence-corrected chi connectivity index (χ2v) is 7.33. The number of hydrogen-bond donors (Lipinski definition) is 1. The van der Waals surface area contributed by atoms with Crippen LogP contribution in [0.25, 0.3) is 17.2 Å². The second-order valence-electron chi connectivity index (χ2n) is 5.95. The standard InChI is InChI=1S/C20H17FO3S/c1-12-17(9-13-4-3-5-15(8-13)25(2)24)16-7-6-14(21)10-19(16)18(12)11-20(22)23/h3-10H,11H2,1-2H3,(H,22,23). The minimum Gasteiger partial charge on any atom is -0.481 e. The molecule has 1 atom stereocenters. The first-order valence-electron chi connectivity index (χ1n) is 7.74. The molecule has 1 unspecified atom stereocenters. The molecule has 128 valence electrons. The number of rotatable bonds is 4. The van der Waals surface area contributed by atoms with Crippen molar-refractivity contribution in [3.05, 3.63) is 70.5 Å². The molecular formula is C20H17FO3S. The Morgan fingerprint density at radius 2 is 1.96 bits per heavy atom. The van der Waals surface area contributed by atoms with Gasteiger partial charge in [0.05, 0.1) is 6.42 Å². The maximum Gasteiger partial charge on any atom is 0.307 e. The Bertz CT molecular complexity index is 957. The number of aliphatic carboxylic acids is 1. The number of halogens is 1. The maximum atomic E-state index is 13.7. The highest BCUT2D eigenvalue weighted by Crippen LogP contribution is 2.43. The van der Waals surface area contributed by atoms with Crippen molar-refractivity contribution in [2.45, 2.75) is 18.2 Å². The van der Waals surface area contributed by atoms with Crippen LogP contribution in [-0.4, -0.2) is 21.5 Å². The first kappa shape index (κ1) is 17.3. The summed E-state index contributed by atoms with van der Waals surface area (Å²) in [7, 11) is -1.08. The van der Waals surface area contributed by atoms with Crippen molar-refractivity contribution in [2.24, 2.45) is 0 Å². The van der Waals surface area contributed by atoms with Gasteiger partial charge in [-0.2, -0.15) is 0 Å². The van der Waals surface area contributed by atoms with Crippen LogP contribution in [0.4, 0.5) is 4.39 Å². The van der Waals surface area contributed by atoms with E-state index in [1.54, 1.807) is 18.4 Å². The summed E-state index contributed by atoms with van der Waals surface area (Å²) >= 11 is 0. The number of fused-ring (bicyclic) bond motifs is 1. The highest BCUT2D eigenvalue weighted by molar-refractivity contribution is 7.84. The van der Waals surface area contributed by atoms with Crippen LogP contribution in [-0.2, 0) is 15.6 Å². The summed E-state index contributed by atoms with van der Waals surface area (Å²) in [5.74, 6) is -1.34. The van der Waals surface area contributed by atoms with Crippen molar-refractivity contribution in [1.82, 2.24) is 0 Å². The van der Waals surface area contributed by atoms with Crippen molar-refractivity contribution in [1.29, 1.82) is 0 Å². The molecule has 0 heterocycles. The average molecular weight is 356 g/mol. The van der Waals surface area contributed by atoms with Crippen molar-refractivity contribution in [3.63, 3.8) is 0 Å². The topological polar surface area (TPSA) is 54.4 Å². The third kappa shape index (κ3) is 3.46. The fourth-order valence-corrected chi connectivity index (χ4v) is 3.65. The van der Waals surface area contributed by atoms with Gasteiger partial charge in [0, 0.05) is 22.0 Å². The summed E-state index contributed by atoms with van der Waals surface area (Å²) in [6.45, 7) is 1.85. The van der Waals surface area contributed by atoms with Crippen LogP contribution in [0, 0.1) is 5.82 Å². The predicted molar refractivity (Wildman–Crippen MR) is 97.9 cm³/mol. The molecule has 2 aromatic rings. The summed E-state index contributed by atoms with van der Waals surface area (Å²) in [6, 6.07) is 11.8. The largest absolute Gasteiger partial charge is 0.481 e. The number of carboxylic acids is 1. The van der Waals surface area contributed by atoms with Crippen molar-refractivity contribution in [3.8, 4) is 0 Å². The minimum atomic E-state index is -1.08. The van der Waals surface area contributed by atoms with Gasteiger partial charge in [-0.15, -0.1) is 0 Å². The molecule has 0 bridgehead atoms. The van der Waals surface area contributed by atoms with Crippen molar-refractivity contribution < 1.29 is 18.5 Å². The highest BCUT2D eigenvalue weighted by Gasteiger charge is 2.25. The zero-order valence-corrected chi connectivity index (χ0v) is 14.7. The lowest BCUT2D eigenvalue weighted by Crippen LogP contribution is -1.97. The molecule has 1 N–H and O–H groups in total. The molecule has 3 nitrogen and oxygen atoms in total. The SMILES string of the molecule is CC1=C(CC(=O)O)c2cc(F)ccc2C1=Cc1cccc(S(C)=O)c1. The van der Waals surface area contributed by atoms with Gasteiger partial charge in [-0.05, 0) is 70.7 Å². The van der Waals surface area contributed by atoms with Crippen LogP contribution in [0.3, 0.4) is 0 Å². The summed E-state index contributed by atoms with van der Waals surface area (Å²) < 4.78 is 25.4. The van der Waals surface area contributed by atoms with Crippen LogP contribution in [0.5, 0.6) is 0 Å². The molecule has 25 heavy (non-hydrogen) atoms. The summed E-state index contributed by atoms with van der Waals surface area (Å²) in [5, 5.41) is 9.18. The van der Waals surface area contributed by atoms with Crippen LogP contribution in [0.2, 0.25) is 0 Å². The number of benzene rings is 2. The van der Waals surface area contributed by atoms with Crippen molar-refractivity contribution in [2.75, 3.05) is 6.26 Å². The van der Waals surface area contributed by atoms with Gasteiger partial charge in [0.25, 0.3) is 0 Å². The van der Waals surface area contributed by atoms with Gasteiger partial charge in [-0.1, -0.05) is 18.2 Å². The normalized spacial score (nSPS) is 16.2. The summed E-state index contributed by atoms with van der Waals surface area (Å²) in [6.07, 6.45) is 3.39. The van der Waals surface area contributed by atoms with Crippen LogP contribution < -0.4 is 0 Å². The quantitative estimate of drug-likeness (QED) is 0.885. The Labute approximate surface area is 148 Å². The predicted octanol–water partition coefficient (Wildman–Crippen LogP) is 4.37. The molecular weight excluding hydrogens is 339 g/mol. The Kier molecular flexibility index (Phi) is 4.68. The smallest absolute Gasteiger partial charge is 0.307 e. The minimum absolute atomic E-state index is 0.154. The number of allylic oxidation sites excluding steroid dienone is 2. The lowest BCUT2D eigenvalue weighted by atomic mass is 10.0. The van der Waals surface area contributed by atoms with E-state index >= 15 is 0 Å². The van der Waals surface area contributed by atoms with E-state index in [9.17, 15) is 18.5 Å². The van der Waals surface area contributed by atoms with E-state index in [0.717, 1.165) is 27.2 Å². The lowest BCUT2D eigenvalue weighted by molar-refractivity contribution is -0.135. The molecule has 0 saturated carbocycles. The van der Waals surface area contributed by atoms with Gasteiger partial charge in [0.1, 0.15) is 5.82 Å². The Morgan fingerprint density at radius 1 is 1.20 bits per heavy atom. The first-order chi connectivity index (χ1) is 11.9. The van der Waals surface area contributed by atoms with Crippen LogP contribution >= 0.6 is 0 Å². The molecule has 0 spiro atoms. The summed E-state index contributed by atoms with van der Waals surface area (Å²) in [4.78, 5) is 11.9. The monoisotopic (exact) mass is 356 g/mol. The molecule has 0 fully saturated rings. The van der Waals surface area contributed by atoms with E-state index in [-0.39, 0.29) is 12.2 Å². The molecule has 2 aromatic carbocycles. The van der Waals surface area contributed by atoms with E-state index < -0.39 is 16.8 Å². The lowest BCUT2D eigenvalue weighted by Gasteiger charge is -2.05. The average Bonchev–Trinajstić information content (AvgIpc) is 2.80. The fourth-order valence-electron chi connectivity index (χ4n) is 3.08. The zero-order valence-electron chi connectivity index (χ0n) is 13.9. The van der Waals surface area contributed by atoms with Gasteiger partial charge in [-0.3, -0.25) is 9.00 Å². The van der Waals surface area contributed by atoms with Gasteiger partial charge < -0.3 is 5.11 Å². The van der Waals surface area contributed by atoms with Gasteiger partial charge in [-0.25, -0.2) is 4.39 Å². The fraction of sp³-hybridized carbons (Fsp3) is 0.150. The molecule has 0 saturated heterocycles.